The number of imidazole rings is 1. The van der Waals surface area contributed by atoms with Gasteiger partial charge in [0.1, 0.15) is 12.4 Å². The molecule has 5 nitrogen and oxygen atoms in total. The number of aryl methyl sites for hydroxylation is 2. The summed E-state index contributed by atoms with van der Waals surface area (Å²) < 4.78 is 7.65. The Morgan fingerprint density at radius 1 is 1.47 bits per heavy atom. The summed E-state index contributed by atoms with van der Waals surface area (Å²) in [5, 5.41) is 8.95. The fourth-order valence-corrected chi connectivity index (χ4v) is 1.88. The zero-order valence-corrected chi connectivity index (χ0v) is 11.0. The summed E-state index contributed by atoms with van der Waals surface area (Å²) >= 11 is 0. The Kier molecular flexibility index (Phi) is 3.85. The second-order valence-corrected chi connectivity index (χ2v) is 4.24. The van der Waals surface area contributed by atoms with Gasteiger partial charge in [-0.3, -0.25) is 0 Å². The molecule has 0 atom stereocenters. The molecule has 100 valence electrons. The van der Waals surface area contributed by atoms with Crippen LogP contribution in [0.15, 0.2) is 30.7 Å². The fourth-order valence-electron chi connectivity index (χ4n) is 1.88. The highest BCUT2D eigenvalue weighted by molar-refractivity contribution is 5.89. The zero-order chi connectivity index (χ0) is 13.8. The Morgan fingerprint density at radius 3 is 2.89 bits per heavy atom. The lowest BCUT2D eigenvalue weighted by Gasteiger charge is -2.09. The third kappa shape index (κ3) is 2.93. The van der Waals surface area contributed by atoms with Crippen LogP contribution in [0.25, 0.3) is 0 Å². The van der Waals surface area contributed by atoms with Crippen molar-refractivity contribution in [2.24, 2.45) is 0 Å². The largest absolute Gasteiger partial charge is 0.487 e. The first-order chi connectivity index (χ1) is 9.11. The molecule has 0 saturated heterocycles. The maximum Gasteiger partial charge on any atom is 0.335 e. The number of rotatable bonds is 5. The highest BCUT2D eigenvalue weighted by Gasteiger charge is 2.08. The summed E-state index contributed by atoms with van der Waals surface area (Å²) in [4.78, 5) is 15.0. The Hall–Kier alpha value is -2.30. The van der Waals surface area contributed by atoms with Crippen LogP contribution in [0, 0.1) is 6.92 Å². The average Bonchev–Trinajstić information content (AvgIpc) is 2.83. The number of nitrogens with zero attached hydrogens (tertiary/aromatic N) is 2. The van der Waals surface area contributed by atoms with Crippen molar-refractivity contribution in [3.05, 3.63) is 47.5 Å². The lowest BCUT2D eigenvalue weighted by atomic mass is 10.1. The molecule has 19 heavy (non-hydrogen) atoms. The van der Waals surface area contributed by atoms with E-state index in [-0.39, 0.29) is 0 Å². The van der Waals surface area contributed by atoms with Gasteiger partial charge in [-0.05, 0) is 37.6 Å². The van der Waals surface area contributed by atoms with E-state index >= 15 is 0 Å². The van der Waals surface area contributed by atoms with E-state index in [1.807, 2.05) is 11.5 Å². The van der Waals surface area contributed by atoms with E-state index < -0.39 is 5.97 Å². The van der Waals surface area contributed by atoms with Gasteiger partial charge in [0, 0.05) is 6.54 Å². The highest BCUT2D eigenvalue weighted by Crippen LogP contribution is 2.18. The van der Waals surface area contributed by atoms with E-state index in [1.54, 1.807) is 37.6 Å². The fraction of sp³-hybridized carbons (Fsp3) is 0.286. The number of hydrogen-bond acceptors (Lipinski definition) is 3. The quantitative estimate of drug-likeness (QED) is 0.897. The number of carboxylic acids is 1. The summed E-state index contributed by atoms with van der Waals surface area (Å²) in [5.74, 6) is -0.264. The molecule has 5 heteroatoms. The number of carboxylic acid groups (broad SMARTS) is 1. The van der Waals surface area contributed by atoms with Gasteiger partial charge in [-0.2, -0.15) is 0 Å². The van der Waals surface area contributed by atoms with E-state index in [0.29, 0.717) is 23.5 Å². The van der Waals surface area contributed by atoms with Gasteiger partial charge in [0.15, 0.2) is 0 Å². The molecular weight excluding hydrogens is 244 g/mol. The lowest BCUT2D eigenvalue weighted by molar-refractivity contribution is 0.0696. The Labute approximate surface area is 111 Å². The van der Waals surface area contributed by atoms with Crippen LogP contribution in [0.3, 0.4) is 0 Å². The maximum absolute atomic E-state index is 10.9. The molecule has 1 heterocycles. The number of hydrogen-bond donors (Lipinski definition) is 1. The van der Waals surface area contributed by atoms with Crippen molar-refractivity contribution in [3.63, 3.8) is 0 Å². The normalized spacial score (nSPS) is 10.4. The van der Waals surface area contributed by atoms with E-state index in [9.17, 15) is 4.79 Å². The molecule has 0 bridgehead atoms. The number of aromatic carboxylic acids is 1. The first-order valence-electron chi connectivity index (χ1n) is 6.07. The molecule has 0 aliphatic heterocycles. The Bertz CT molecular complexity index is 590. The van der Waals surface area contributed by atoms with Crippen LogP contribution < -0.4 is 4.74 Å². The molecule has 0 spiro atoms. The minimum Gasteiger partial charge on any atom is -0.487 e. The predicted molar refractivity (Wildman–Crippen MR) is 70.4 cm³/mol. The minimum atomic E-state index is -0.923. The summed E-state index contributed by atoms with van der Waals surface area (Å²) in [6, 6.07) is 4.96. The third-order valence-corrected chi connectivity index (χ3v) is 2.95. The standard InChI is InChI=1S/C14H16N2O3/c1-3-16-9-15-7-11(16)8-19-12-4-5-13(14(17)18)10(2)6-12/h4-7,9H,3,8H2,1-2H3,(H,17,18). The van der Waals surface area contributed by atoms with E-state index in [4.69, 9.17) is 9.84 Å². The van der Waals surface area contributed by atoms with Gasteiger partial charge in [-0.15, -0.1) is 0 Å². The molecule has 0 radical (unpaired) electrons. The molecule has 0 saturated carbocycles. The van der Waals surface area contributed by atoms with Gasteiger partial charge in [-0.1, -0.05) is 0 Å². The van der Waals surface area contributed by atoms with Crippen molar-refractivity contribution in [1.82, 2.24) is 9.55 Å². The molecule has 0 aliphatic carbocycles. The number of benzene rings is 1. The highest BCUT2D eigenvalue weighted by atomic mass is 16.5. The summed E-state index contributed by atoms with van der Waals surface area (Å²) in [6.07, 6.45) is 3.53. The minimum absolute atomic E-state index is 0.297. The monoisotopic (exact) mass is 260 g/mol. The Morgan fingerprint density at radius 2 is 2.26 bits per heavy atom. The molecule has 0 amide bonds. The van der Waals surface area contributed by atoms with Crippen molar-refractivity contribution in [1.29, 1.82) is 0 Å². The predicted octanol–water partition coefficient (Wildman–Crippen LogP) is 2.49. The van der Waals surface area contributed by atoms with Crippen LogP contribution in [0.5, 0.6) is 5.75 Å². The summed E-state index contributed by atoms with van der Waals surface area (Å²) in [7, 11) is 0. The zero-order valence-electron chi connectivity index (χ0n) is 11.0. The average molecular weight is 260 g/mol. The number of aromatic nitrogens is 2. The molecular formula is C14H16N2O3. The first kappa shape index (κ1) is 13.1. The first-order valence-corrected chi connectivity index (χ1v) is 6.07. The van der Waals surface area contributed by atoms with Crippen molar-refractivity contribution in [3.8, 4) is 5.75 Å². The molecule has 1 aromatic heterocycles. The van der Waals surface area contributed by atoms with Crippen LogP contribution in [0.2, 0.25) is 0 Å². The van der Waals surface area contributed by atoms with Crippen LogP contribution in [0.4, 0.5) is 0 Å². The van der Waals surface area contributed by atoms with Crippen molar-refractivity contribution >= 4 is 5.97 Å². The molecule has 2 aromatic rings. The van der Waals surface area contributed by atoms with Gasteiger partial charge in [0.05, 0.1) is 23.8 Å². The Balaban J connectivity index is 2.08. The van der Waals surface area contributed by atoms with E-state index in [0.717, 1.165) is 12.2 Å². The van der Waals surface area contributed by atoms with Gasteiger partial charge in [0.25, 0.3) is 0 Å². The third-order valence-electron chi connectivity index (χ3n) is 2.95. The van der Waals surface area contributed by atoms with Crippen LogP contribution in [-0.4, -0.2) is 20.6 Å². The molecule has 0 unspecified atom stereocenters. The molecule has 0 aliphatic rings. The molecule has 0 fully saturated rings. The van der Waals surface area contributed by atoms with Gasteiger partial charge in [0.2, 0.25) is 0 Å². The molecule has 1 N–H and O–H groups in total. The van der Waals surface area contributed by atoms with E-state index in [1.165, 1.54) is 0 Å². The van der Waals surface area contributed by atoms with Gasteiger partial charge in [-0.25, -0.2) is 9.78 Å². The SMILES string of the molecule is CCn1cncc1COc1ccc(C(=O)O)c(C)c1. The van der Waals surface area contributed by atoms with Gasteiger partial charge >= 0.3 is 5.97 Å². The van der Waals surface area contributed by atoms with Crippen LogP contribution in [-0.2, 0) is 13.2 Å². The second-order valence-electron chi connectivity index (χ2n) is 4.24. The van der Waals surface area contributed by atoms with Crippen molar-refractivity contribution in [2.75, 3.05) is 0 Å². The molecule has 1 aromatic carbocycles. The van der Waals surface area contributed by atoms with Crippen molar-refractivity contribution < 1.29 is 14.6 Å². The smallest absolute Gasteiger partial charge is 0.335 e. The number of ether oxygens (including phenoxy) is 1. The van der Waals surface area contributed by atoms with Crippen LogP contribution in [0.1, 0.15) is 28.5 Å². The topological polar surface area (TPSA) is 64.4 Å². The van der Waals surface area contributed by atoms with Crippen molar-refractivity contribution in [2.45, 2.75) is 27.0 Å². The summed E-state index contributed by atoms with van der Waals surface area (Å²) in [5.41, 5.74) is 1.97. The van der Waals surface area contributed by atoms with Crippen LogP contribution >= 0.6 is 0 Å². The number of carbonyl (C=O) groups is 1. The van der Waals surface area contributed by atoms with E-state index in [2.05, 4.69) is 4.98 Å². The maximum atomic E-state index is 10.9. The summed E-state index contributed by atoms with van der Waals surface area (Å²) in [6.45, 7) is 5.05. The lowest BCUT2D eigenvalue weighted by Crippen LogP contribution is -2.04. The second kappa shape index (κ2) is 5.56. The van der Waals surface area contributed by atoms with Gasteiger partial charge < -0.3 is 14.4 Å². The molecule has 2 rings (SSSR count).